The van der Waals surface area contributed by atoms with E-state index < -0.39 is 0 Å². The molecule has 1 aromatic heterocycles. The van der Waals surface area contributed by atoms with Crippen molar-refractivity contribution < 1.29 is 4.74 Å². The maximum atomic E-state index is 12.4. The maximum absolute atomic E-state index is 12.4. The number of hydrogen-bond acceptors (Lipinski definition) is 3. The fourth-order valence-electron chi connectivity index (χ4n) is 2.37. The molecule has 118 valence electrons. The number of aromatic nitrogens is 3. The Labute approximate surface area is 142 Å². The Morgan fingerprint density at radius 1 is 1.09 bits per heavy atom. The minimum atomic E-state index is -0.140. The highest BCUT2D eigenvalue weighted by Crippen LogP contribution is 2.20. The summed E-state index contributed by atoms with van der Waals surface area (Å²) in [4.78, 5) is 12.4. The number of rotatable bonds is 4. The lowest BCUT2D eigenvalue weighted by atomic mass is 10.2. The number of aryl methyl sites for hydroxylation is 1. The highest BCUT2D eigenvalue weighted by atomic mass is 79.9. The lowest BCUT2D eigenvalue weighted by Crippen LogP contribution is -2.23. The molecule has 0 saturated heterocycles. The summed E-state index contributed by atoms with van der Waals surface area (Å²) >= 11 is 3.42. The van der Waals surface area contributed by atoms with Gasteiger partial charge in [-0.25, -0.2) is 9.48 Å². The second kappa shape index (κ2) is 6.42. The molecule has 6 heteroatoms. The van der Waals surface area contributed by atoms with Crippen LogP contribution in [-0.2, 0) is 13.6 Å². The predicted octanol–water partition coefficient (Wildman–Crippen LogP) is 3.07. The summed E-state index contributed by atoms with van der Waals surface area (Å²) in [6.45, 7) is 0.460. The third kappa shape index (κ3) is 3.22. The van der Waals surface area contributed by atoms with E-state index in [1.54, 1.807) is 18.7 Å². The van der Waals surface area contributed by atoms with Crippen LogP contribution in [0.1, 0.15) is 5.56 Å². The van der Waals surface area contributed by atoms with Gasteiger partial charge in [0.15, 0.2) is 5.82 Å². The van der Waals surface area contributed by atoms with Crippen LogP contribution in [0.4, 0.5) is 0 Å². The molecule has 23 heavy (non-hydrogen) atoms. The summed E-state index contributed by atoms with van der Waals surface area (Å²) in [5, 5.41) is 4.37. The summed E-state index contributed by atoms with van der Waals surface area (Å²) in [5.41, 5.74) is 1.78. The molecule has 0 aliphatic rings. The van der Waals surface area contributed by atoms with Gasteiger partial charge in [0, 0.05) is 17.1 Å². The molecule has 0 saturated carbocycles. The molecular formula is C17H16BrN3O2. The van der Waals surface area contributed by atoms with Gasteiger partial charge in [0.1, 0.15) is 5.75 Å². The van der Waals surface area contributed by atoms with Gasteiger partial charge in [-0.1, -0.05) is 40.2 Å². The van der Waals surface area contributed by atoms with Crippen molar-refractivity contribution in [3.8, 4) is 17.1 Å². The van der Waals surface area contributed by atoms with E-state index in [1.165, 1.54) is 4.68 Å². The van der Waals surface area contributed by atoms with E-state index in [4.69, 9.17) is 4.74 Å². The van der Waals surface area contributed by atoms with Crippen LogP contribution in [0.15, 0.2) is 57.8 Å². The summed E-state index contributed by atoms with van der Waals surface area (Å²) in [7, 11) is 3.29. The standard InChI is InChI=1S/C17H16BrN3O2/c1-20-17(22)21(11-12-3-9-15(23-2)10-4-12)16(19-20)13-5-7-14(18)8-6-13/h3-10H,11H2,1-2H3. The SMILES string of the molecule is COc1ccc(Cn2c(-c3ccc(Br)cc3)nn(C)c2=O)cc1. The van der Waals surface area contributed by atoms with Crippen molar-refractivity contribution in [2.24, 2.45) is 7.05 Å². The number of nitrogens with zero attached hydrogens (tertiary/aromatic N) is 3. The summed E-state index contributed by atoms with van der Waals surface area (Å²) in [6, 6.07) is 15.4. The average Bonchev–Trinajstić information content (AvgIpc) is 2.85. The molecule has 0 N–H and O–H groups in total. The molecule has 0 aliphatic heterocycles. The first-order chi connectivity index (χ1) is 11.1. The van der Waals surface area contributed by atoms with Crippen molar-refractivity contribution in [3.63, 3.8) is 0 Å². The summed E-state index contributed by atoms with van der Waals surface area (Å²) in [6.07, 6.45) is 0. The van der Waals surface area contributed by atoms with Gasteiger partial charge in [-0.15, -0.1) is 5.10 Å². The molecular weight excluding hydrogens is 358 g/mol. The van der Waals surface area contributed by atoms with Gasteiger partial charge in [0.05, 0.1) is 13.7 Å². The van der Waals surface area contributed by atoms with E-state index >= 15 is 0 Å². The summed E-state index contributed by atoms with van der Waals surface area (Å²) < 4.78 is 9.18. The quantitative estimate of drug-likeness (QED) is 0.705. The molecule has 0 amide bonds. The fraction of sp³-hybridized carbons (Fsp3) is 0.176. The molecule has 0 spiro atoms. The Bertz CT molecular complexity index is 864. The van der Waals surface area contributed by atoms with Crippen LogP contribution in [0.25, 0.3) is 11.4 Å². The maximum Gasteiger partial charge on any atom is 0.346 e. The molecule has 3 rings (SSSR count). The van der Waals surface area contributed by atoms with E-state index in [0.29, 0.717) is 12.4 Å². The first-order valence-electron chi connectivity index (χ1n) is 7.11. The number of hydrogen-bond donors (Lipinski definition) is 0. The van der Waals surface area contributed by atoms with Gasteiger partial charge in [-0.05, 0) is 29.8 Å². The van der Waals surface area contributed by atoms with Gasteiger partial charge in [-0.3, -0.25) is 4.57 Å². The lowest BCUT2D eigenvalue weighted by molar-refractivity contribution is 0.414. The van der Waals surface area contributed by atoms with E-state index in [9.17, 15) is 4.79 Å². The van der Waals surface area contributed by atoms with Crippen molar-refractivity contribution in [2.75, 3.05) is 7.11 Å². The molecule has 0 fully saturated rings. The molecule has 2 aromatic carbocycles. The van der Waals surface area contributed by atoms with Crippen molar-refractivity contribution in [1.82, 2.24) is 14.3 Å². The van der Waals surface area contributed by atoms with Crippen molar-refractivity contribution in [2.45, 2.75) is 6.54 Å². The topological polar surface area (TPSA) is 49.0 Å². The minimum Gasteiger partial charge on any atom is -0.497 e. The zero-order valence-corrected chi connectivity index (χ0v) is 14.4. The van der Waals surface area contributed by atoms with Gasteiger partial charge in [-0.2, -0.15) is 0 Å². The first-order valence-corrected chi connectivity index (χ1v) is 7.90. The van der Waals surface area contributed by atoms with Crippen molar-refractivity contribution in [1.29, 1.82) is 0 Å². The Morgan fingerprint density at radius 2 is 1.74 bits per heavy atom. The van der Waals surface area contributed by atoms with E-state index in [1.807, 2.05) is 48.5 Å². The largest absolute Gasteiger partial charge is 0.497 e. The van der Waals surface area contributed by atoms with Crippen molar-refractivity contribution in [3.05, 3.63) is 69.1 Å². The predicted molar refractivity (Wildman–Crippen MR) is 92.7 cm³/mol. The van der Waals surface area contributed by atoms with Gasteiger partial charge < -0.3 is 4.74 Å². The van der Waals surface area contributed by atoms with Crippen LogP contribution in [0.2, 0.25) is 0 Å². The van der Waals surface area contributed by atoms with E-state index in [0.717, 1.165) is 21.3 Å². The van der Waals surface area contributed by atoms with Crippen LogP contribution in [0.5, 0.6) is 5.75 Å². The first kappa shape index (κ1) is 15.6. The van der Waals surface area contributed by atoms with Crippen LogP contribution in [0.3, 0.4) is 0 Å². The molecule has 0 bridgehead atoms. The zero-order chi connectivity index (χ0) is 16.4. The Morgan fingerprint density at radius 3 is 2.35 bits per heavy atom. The highest BCUT2D eigenvalue weighted by molar-refractivity contribution is 9.10. The lowest BCUT2D eigenvalue weighted by Gasteiger charge is -2.07. The van der Waals surface area contributed by atoms with Crippen LogP contribution in [-0.4, -0.2) is 21.5 Å². The Kier molecular flexibility index (Phi) is 4.34. The third-order valence-corrected chi connectivity index (χ3v) is 4.14. The second-order valence-electron chi connectivity index (χ2n) is 5.17. The highest BCUT2D eigenvalue weighted by Gasteiger charge is 2.13. The number of halogens is 1. The van der Waals surface area contributed by atoms with Gasteiger partial charge in [0.2, 0.25) is 0 Å². The zero-order valence-electron chi connectivity index (χ0n) is 12.9. The fourth-order valence-corrected chi connectivity index (χ4v) is 2.64. The number of benzene rings is 2. The van der Waals surface area contributed by atoms with E-state index in [2.05, 4.69) is 21.0 Å². The molecule has 5 nitrogen and oxygen atoms in total. The van der Waals surface area contributed by atoms with Crippen LogP contribution >= 0.6 is 15.9 Å². The van der Waals surface area contributed by atoms with Gasteiger partial charge >= 0.3 is 5.69 Å². The van der Waals surface area contributed by atoms with Crippen LogP contribution < -0.4 is 10.4 Å². The molecule has 3 aromatic rings. The third-order valence-electron chi connectivity index (χ3n) is 3.61. The molecule has 0 radical (unpaired) electrons. The molecule has 0 atom stereocenters. The Balaban J connectivity index is 2.00. The second-order valence-corrected chi connectivity index (χ2v) is 6.09. The van der Waals surface area contributed by atoms with Crippen molar-refractivity contribution >= 4 is 15.9 Å². The number of ether oxygens (including phenoxy) is 1. The monoisotopic (exact) mass is 373 g/mol. The van der Waals surface area contributed by atoms with Crippen LogP contribution in [0, 0.1) is 0 Å². The smallest absolute Gasteiger partial charge is 0.346 e. The minimum absolute atomic E-state index is 0.140. The molecule has 0 unspecified atom stereocenters. The number of methoxy groups -OCH3 is 1. The molecule has 1 heterocycles. The summed E-state index contributed by atoms with van der Waals surface area (Å²) in [5.74, 6) is 1.45. The van der Waals surface area contributed by atoms with E-state index in [-0.39, 0.29) is 5.69 Å². The molecule has 0 aliphatic carbocycles. The normalized spacial score (nSPS) is 10.7. The van der Waals surface area contributed by atoms with Gasteiger partial charge in [0.25, 0.3) is 0 Å². The Hall–Kier alpha value is -2.34. The average molecular weight is 374 g/mol.